The average Bonchev–Trinajstić information content (AvgIpc) is 1.94. The summed E-state index contributed by atoms with van der Waals surface area (Å²) in [5.41, 5.74) is 0.750. The smallest absolute Gasteiger partial charge is 0.123 e. The third-order valence-electron chi connectivity index (χ3n) is 1.26. The highest BCUT2D eigenvalue weighted by molar-refractivity contribution is 6.30. The molecule has 54 valence electrons. The largest absolute Gasteiger partial charge is 0.496 e. The summed E-state index contributed by atoms with van der Waals surface area (Å²) in [6.07, 6.45) is 0. The van der Waals surface area contributed by atoms with Crippen molar-refractivity contribution in [2.24, 2.45) is 0 Å². The highest BCUT2D eigenvalue weighted by Crippen LogP contribution is 2.21. The van der Waals surface area contributed by atoms with Gasteiger partial charge in [0.25, 0.3) is 0 Å². The summed E-state index contributed by atoms with van der Waals surface area (Å²) in [5, 5.41) is 0.463. The predicted octanol–water partition coefficient (Wildman–Crippen LogP) is 2.66. The van der Waals surface area contributed by atoms with Crippen molar-refractivity contribution < 1.29 is 8.85 Å². The molecule has 0 bridgehead atoms. The summed E-state index contributed by atoms with van der Waals surface area (Å²) in [6.45, 7) is 1.76. The average molecular weight is 161 g/mol. The number of halogens is 1. The summed E-state index contributed by atoms with van der Waals surface area (Å²) in [4.78, 5) is 0. The van der Waals surface area contributed by atoms with Crippen LogP contribution in [0, 0.1) is 6.92 Å². The van der Waals surface area contributed by atoms with Crippen LogP contribution in [0.15, 0.2) is 18.2 Å². The van der Waals surface area contributed by atoms with Gasteiger partial charge in [-0.15, -0.1) is 0 Å². The number of hydrogen-bond donors (Lipinski definition) is 0. The van der Waals surface area contributed by atoms with E-state index in [4.69, 9.17) is 20.5 Å². The minimum atomic E-state index is -2.42. The Hall–Kier alpha value is -0.690. The van der Waals surface area contributed by atoms with Crippen LogP contribution in [0.1, 0.15) is 9.68 Å². The van der Waals surface area contributed by atoms with E-state index in [9.17, 15) is 0 Å². The van der Waals surface area contributed by atoms with Crippen molar-refractivity contribution in [1.82, 2.24) is 0 Å². The molecule has 1 aromatic carbocycles. The Morgan fingerprint density at radius 2 is 2.40 bits per heavy atom. The summed E-state index contributed by atoms with van der Waals surface area (Å²) in [5.74, 6) is 0.299. The Labute approximate surface area is 69.8 Å². The van der Waals surface area contributed by atoms with Gasteiger partial charge in [-0.1, -0.05) is 17.7 Å². The first-order chi connectivity index (χ1) is 5.88. The summed E-state index contributed by atoms with van der Waals surface area (Å²) >= 11 is 5.68. The molecule has 1 nitrogen and oxygen atoms in total. The van der Waals surface area contributed by atoms with Crippen molar-refractivity contribution in [2.45, 2.75) is 6.92 Å². The summed E-state index contributed by atoms with van der Waals surface area (Å²) in [7, 11) is -2.42. The topological polar surface area (TPSA) is 9.23 Å². The molecule has 10 heavy (non-hydrogen) atoms. The molecule has 0 aliphatic carbocycles. The molecule has 1 rings (SSSR count). The Morgan fingerprint density at radius 1 is 1.60 bits per heavy atom. The molecule has 0 heterocycles. The van der Waals surface area contributed by atoms with E-state index in [0.29, 0.717) is 10.8 Å². The zero-order valence-corrected chi connectivity index (χ0v) is 6.27. The number of hydrogen-bond acceptors (Lipinski definition) is 1. The van der Waals surface area contributed by atoms with Gasteiger partial charge in [-0.05, 0) is 24.6 Å². The maximum atomic E-state index is 6.90. The van der Waals surface area contributed by atoms with Gasteiger partial charge in [0.2, 0.25) is 0 Å². The molecule has 0 radical (unpaired) electrons. The van der Waals surface area contributed by atoms with Gasteiger partial charge in [-0.2, -0.15) is 0 Å². The predicted molar refractivity (Wildman–Crippen MR) is 42.7 cm³/mol. The summed E-state index contributed by atoms with van der Waals surface area (Å²) in [6, 6.07) is 4.88. The lowest BCUT2D eigenvalue weighted by atomic mass is 10.2. The number of methoxy groups -OCH3 is 1. The monoisotopic (exact) mass is 160 g/mol. The van der Waals surface area contributed by atoms with E-state index in [1.807, 2.05) is 0 Å². The Morgan fingerprint density at radius 3 is 3.10 bits per heavy atom. The van der Waals surface area contributed by atoms with Crippen LogP contribution < -0.4 is 4.74 Å². The van der Waals surface area contributed by atoms with E-state index in [1.54, 1.807) is 19.1 Å². The van der Waals surface area contributed by atoms with E-state index in [2.05, 4.69) is 0 Å². The molecule has 0 fully saturated rings. The number of rotatable bonds is 1. The van der Waals surface area contributed by atoms with Crippen LogP contribution in [-0.4, -0.2) is 7.04 Å². The first kappa shape index (κ1) is 4.24. The van der Waals surface area contributed by atoms with Crippen molar-refractivity contribution in [1.29, 1.82) is 0 Å². The normalized spacial score (nSPS) is 15.2. The Bertz CT molecular complexity index is 309. The van der Waals surface area contributed by atoms with Gasteiger partial charge in [0.05, 0.1) is 11.2 Å². The SMILES string of the molecule is [2H][13C]([2H])([2H])Oc1cc(Cl)ccc1C. The van der Waals surface area contributed by atoms with E-state index in [-0.39, 0.29) is 0 Å². The minimum absolute atomic E-state index is 0.299. The molecule has 0 saturated carbocycles. The van der Waals surface area contributed by atoms with Crippen molar-refractivity contribution in [2.75, 3.05) is 7.04 Å². The first-order valence-corrected chi connectivity index (χ1v) is 3.21. The number of ether oxygens (including phenoxy) is 1. The first-order valence-electron chi connectivity index (χ1n) is 4.34. The fourth-order valence-corrected chi connectivity index (χ4v) is 0.846. The van der Waals surface area contributed by atoms with Gasteiger partial charge >= 0.3 is 0 Å². The molecule has 1 aromatic rings. The molecule has 0 aliphatic rings. The molecule has 0 atom stereocenters. The van der Waals surface area contributed by atoms with Gasteiger partial charge in [0.1, 0.15) is 5.75 Å². The van der Waals surface area contributed by atoms with E-state index >= 15 is 0 Å². The number of benzene rings is 1. The highest BCUT2D eigenvalue weighted by Gasteiger charge is 1.96. The molecule has 0 aliphatic heterocycles. The quantitative estimate of drug-likeness (QED) is 0.574. The zero-order valence-electron chi connectivity index (χ0n) is 8.52. The van der Waals surface area contributed by atoms with Crippen molar-refractivity contribution in [3.63, 3.8) is 0 Å². The molecule has 2 heteroatoms. The molecule has 0 aromatic heterocycles. The second kappa shape index (κ2) is 2.93. The van der Waals surface area contributed by atoms with Gasteiger partial charge in [0, 0.05) is 5.02 Å². The second-order valence-electron chi connectivity index (χ2n) is 2.01. The lowest BCUT2D eigenvalue weighted by Gasteiger charge is -2.02. The maximum Gasteiger partial charge on any atom is 0.123 e. The third kappa shape index (κ3) is 1.42. The highest BCUT2D eigenvalue weighted by atomic mass is 35.5. The molecule has 0 unspecified atom stereocenters. The van der Waals surface area contributed by atoms with Gasteiger partial charge < -0.3 is 4.74 Å². The van der Waals surface area contributed by atoms with Gasteiger partial charge in [0.15, 0.2) is 0 Å². The third-order valence-corrected chi connectivity index (χ3v) is 1.50. The van der Waals surface area contributed by atoms with Crippen LogP contribution in [0.5, 0.6) is 5.75 Å². The van der Waals surface area contributed by atoms with E-state index < -0.39 is 7.04 Å². The van der Waals surface area contributed by atoms with Crippen LogP contribution in [0.25, 0.3) is 0 Å². The minimum Gasteiger partial charge on any atom is -0.496 e. The Balaban J connectivity index is 2.94. The zero-order chi connectivity index (χ0) is 10.1. The Kier molecular flexibility index (Phi) is 1.24. The lowest BCUT2D eigenvalue weighted by molar-refractivity contribution is 0.412. The maximum absolute atomic E-state index is 6.90. The van der Waals surface area contributed by atoms with Crippen LogP contribution in [-0.2, 0) is 0 Å². The van der Waals surface area contributed by atoms with Crippen molar-refractivity contribution in [3.05, 3.63) is 28.8 Å². The second-order valence-corrected chi connectivity index (χ2v) is 2.45. The lowest BCUT2D eigenvalue weighted by Crippen LogP contribution is -1.85. The van der Waals surface area contributed by atoms with Crippen molar-refractivity contribution in [3.8, 4) is 5.75 Å². The van der Waals surface area contributed by atoms with E-state index in [1.165, 1.54) is 6.07 Å². The molecule has 0 spiro atoms. The fourth-order valence-electron chi connectivity index (χ4n) is 0.684. The molecule has 0 amide bonds. The molecular formula is C8H9ClO. The molecular weight excluding hydrogens is 149 g/mol. The fraction of sp³-hybridized carbons (Fsp3) is 0.250. The summed E-state index contributed by atoms with van der Waals surface area (Å²) < 4.78 is 25.4. The van der Waals surface area contributed by atoms with Crippen molar-refractivity contribution >= 4 is 11.6 Å². The molecule has 0 N–H and O–H groups in total. The number of aryl methyl sites for hydroxylation is 1. The van der Waals surface area contributed by atoms with Crippen LogP contribution >= 0.6 is 11.6 Å². The van der Waals surface area contributed by atoms with Crippen LogP contribution in [0.4, 0.5) is 0 Å². The van der Waals surface area contributed by atoms with E-state index in [0.717, 1.165) is 5.56 Å². The van der Waals surface area contributed by atoms with Crippen LogP contribution in [0.2, 0.25) is 5.02 Å². The molecule has 0 saturated heterocycles. The standard InChI is InChI=1S/C8H9ClO/c1-6-3-4-7(9)5-8(6)10-2/h3-5H,1-2H3/i2+1D3. The van der Waals surface area contributed by atoms with Gasteiger partial charge in [-0.3, -0.25) is 0 Å². The van der Waals surface area contributed by atoms with Gasteiger partial charge in [-0.25, -0.2) is 0 Å². The van der Waals surface area contributed by atoms with Crippen LogP contribution in [0.3, 0.4) is 0 Å².